The van der Waals surface area contributed by atoms with Gasteiger partial charge in [0.05, 0.1) is 0 Å². The van der Waals surface area contributed by atoms with Gasteiger partial charge in [-0.15, -0.1) is 0 Å². The highest BCUT2D eigenvalue weighted by molar-refractivity contribution is 5.87. The lowest BCUT2D eigenvalue weighted by Gasteiger charge is -2.38. The summed E-state index contributed by atoms with van der Waals surface area (Å²) in [4.78, 5) is 33.0. The molecule has 1 aromatic heterocycles. The average molecular weight is 330 g/mol. The van der Waals surface area contributed by atoms with Crippen LogP contribution in [0.25, 0.3) is 0 Å². The molecule has 1 saturated heterocycles. The van der Waals surface area contributed by atoms with Gasteiger partial charge in [-0.3, -0.25) is 9.59 Å². The van der Waals surface area contributed by atoms with E-state index in [2.05, 4.69) is 15.2 Å². The Hall–Kier alpha value is -2.11. The summed E-state index contributed by atoms with van der Waals surface area (Å²) in [6, 6.07) is 5.53. The summed E-state index contributed by atoms with van der Waals surface area (Å²) >= 11 is 0. The molecule has 1 saturated carbocycles. The fourth-order valence-electron chi connectivity index (χ4n) is 3.78. The van der Waals surface area contributed by atoms with Gasteiger partial charge >= 0.3 is 0 Å². The lowest BCUT2D eigenvalue weighted by Crippen LogP contribution is -2.56. The molecule has 0 spiro atoms. The van der Waals surface area contributed by atoms with Crippen molar-refractivity contribution in [1.29, 1.82) is 0 Å². The van der Waals surface area contributed by atoms with Crippen LogP contribution in [0.1, 0.15) is 32.6 Å². The van der Waals surface area contributed by atoms with Gasteiger partial charge in [0.1, 0.15) is 11.9 Å². The van der Waals surface area contributed by atoms with Crippen LogP contribution in [0, 0.1) is 5.92 Å². The number of carbonyl (C=O) groups is 2. The lowest BCUT2D eigenvalue weighted by atomic mass is 9.96. The number of aromatic nitrogens is 1. The molecule has 2 aliphatic rings. The zero-order chi connectivity index (χ0) is 16.9. The maximum Gasteiger partial charge on any atom is 0.245 e. The van der Waals surface area contributed by atoms with E-state index in [1.54, 1.807) is 6.20 Å². The SMILES string of the molecule is CC(=O)NC(C(=O)N1CCN(c2ccccn2)CC1)C1CCCC1. The van der Waals surface area contributed by atoms with Crippen molar-refractivity contribution in [2.45, 2.75) is 38.6 Å². The van der Waals surface area contributed by atoms with Gasteiger partial charge in [-0.25, -0.2) is 4.98 Å². The predicted molar refractivity (Wildman–Crippen MR) is 92.6 cm³/mol. The van der Waals surface area contributed by atoms with Crippen molar-refractivity contribution in [3.05, 3.63) is 24.4 Å². The third-order valence-electron chi connectivity index (χ3n) is 5.06. The number of anilines is 1. The number of nitrogens with one attached hydrogen (secondary N) is 1. The van der Waals surface area contributed by atoms with Gasteiger partial charge in [0.25, 0.3) is 0 Å². The van der Waals surface area contributed by atoms with Gasteiger partial charge in [-0.1, -0.05) is 18.9 Å². The zero-order valence-electron chi connectivity index (χ0n) is 14.3. The fourth-order valence-corrected chi connectivity index (χ4v) is 3.78. The van der Waals surface area contributed by atoms with Crippen LogP contribution >= 0.6 is 0 Å². The van der Waals surface area contributed by atoms with Crippen molar-refractivity contribution in [3.8, 4) is 0 Å². The number of rotatable bonds is 4. The molecule has 130 valence electrons. The predicted octanol–water partition coefficient (Wildman–Crippen LogP) is 1.43. The highest BCUT2D eigenvalue weighted by atomic mass is 16.2. The van der Waals surface area contributed by atoms with Gasteiger partial charge in [-0.05, 0) is 30.9 Å². The summed E-state index contributed by atoms with van der Waals surface area (Å²) in [5.41, 5.74) is 0. The number of hydrogen-bond donors (Lipinski definition) is 1. The molecule has 2 amide bonds. The number of hydrogen-bond acceptors (Lipinski definition) is 4. The van der Waals surface area contributed by atoms with Gasteiger partial charge in [-0.2, -0.15) is 0 Å². The molecule has 1 aromatic rings. The Balaban J connectivity index is 1.61. The first-order valence-corrected chi connectivity index (χ1v) is 8.87. The molecule has 0 radical (unpaired) electrons. The lowest BCUT2D eigenvalue weighted by molar-refractivity contribution is -0.137. The van der Waals surface area contributed by atoms with Crippen LogP contribution in [0.3, 0.4) is 0 Å². The summed E-state index contributed by atoms with van der Waals surface area (Å²) in [6.45, 7) is 4.41. The molecule has 6 nitrogen and oxygen atoms in total. The monoisotopic (exact) mass is 330 g/mol. The van der Waals surface area contributed by atoms with Crippen LogP contribution in [0.4, 0.5) is 5.82 Å². The average Bonchev–Trinajstić information content (AvgIpc) is 3.14. The quantitative estimate of drug-likeness (QED) is 0.907. The Labute approximate surface area is 143 Å². The number of pyridine rings is 1. The normalized spacial score (nSPS) is 20.0. The summed E-state index contributed by atoms with van der Waals surface area (Å²) in [6.07, 6.45) is 6.16. The summed E-state index contributed by atoms with van der Waals surface area (Å²) in [5.74, 6) is 1.21. The van der Waals surface area contributed by atoms with Gasteiger partial charge in [0, 0.05) is 39.3 Å². The third-order valence-corrected chi connectivity index (χ3v) is 5.06. The molecule has 6 heteroatoms. The van der Waals surface area contributed by atoms with E-state index in [4.69, 9.17) is 0 Å². The molecule has 1 atom stereocenters. The van der Waals surface area contributed by atoms with E-state index in [0.29, 0.717) is 13.1 Å². The minimum Gasteiger partial charge on any atom is -0.353 e. The van der Waals surface area contributed by atoms with Crippen molar-refractivity contribution in [1.82, 2.24) is 15.2 Å². The van der Waals surface area contributed by atoms with Crippen molar-refractivity contribution in [2.75, 3.05) is 31.1 Å². The number of amides is 2. The van der Waals surface area contributed by atoms with E-state index in [9.17, 15) is 9.59 Å². The molecule has 2 heterocycles. The Kier molecular flexibility index (Phi) is 5.33. The minimum absolute atomic E-state index is 0.0813. The van der Waals surface area contributed by atoms with Crippen molar-refractivity contribution in [2.24, 2.45) is 5.92 Å². The van der Waals surface area contributed by atoms with E-state index in [1.165, 1.54) is 6.92 Å². The number of piperazine rings is 1. The summed E-state index contributed by atoms with van der Waals surface area (Å²) < 4.78 is 0. The van der Waals surface area contributed by atoms with Crippen LogP contribution in [0.2, 0.25) is 0 Å². The molecule has 1 aliphatic carbocycles. The molecule has 1 aliphatic heterocycles. The molecular formula is C18H26N4O2. The first-order chi connectivity index (χ1) is 11.6. The second-order valence-electron chi connectivity index (χ2n) is 6.72. The highest BCUT2D eigenvalue weighted by Crippen LogP contribution is 2.29. The maximum atomic E-state index is 12.9. The largest absolute Gasteiger partial charge is 0.353 e. The van der Waals surface area contributed by atoms with E-state index >= 15 is 0 Å². The second-order valence-corrected chi connectivity index (χ2v) is 6.72. The van der Waals surface area contributed by atoms with Crippen LogP contribution in [-0.4, -0.2) is 53.9 Å². The van der Waals surface area contributed by atoms with E-state index in [0.717, 1.165) is 44.6 Å². The Bertz CT molecular complexity index is 564. The summed E-state index contributed by atoms with van der Waals surface area (Å²) in [7, 11) is 0. The smallest absolute Gasteiger partial charge is 0.245 e. The topological polar surface area (TPSA) is 65.5 Å². The Morgan fingerprint density at radius 2 is 1.88 bits per heavy atom. The van der Waals surface area contributed by atoms with Gasteiger partial charge in [0.2, 0.25) is 11.8 Å². The molecule has 0 bridgehead atoms. The van der Waals surface area contributed by atoms with Crippen molar-refractivity contribution in [3.63, 3.8) is 0 Å². The van der Waals surface area contributed by atoms with Gasteiger partial charge in [0.15, 0.2) is 0 Å². The maximum absolute atomic E-state index is 12.9. The molecule has 2 fully saturated rings. The van der Waals surface area contributed by atoms with E-state index in [1.807, 2.05) is 23.1 Å². The highest BCUT2D eigenvalue weighted by Gasteiger charge is 2.35. The molecule has 24 heavy (non-hydrogen) atoms. The van der Waals surface area contributed by atoms with Crippen molar-refractivity contribution < 1.29 is 9.59 Å². The Morgan fingerprint density at radius 1 is 1.17 bits per heavy atom. The summed E-state index contributed by atoms with van der Waals surface area (Å²) in [5, 5.41) is 2.91. The first kappa shape index (κ1) is 16.7. The molecule has 3 rings (SSSR count). The van der Waals surface area contributed by atoms with Crippen molar-refractivity contribution >= 4 is 17.6 Å². The van der Waals surface area contributed by atoms with Crippen LogP contribution in [-0.2, 0) is 9.59 Å². The number of carbonyl (C=O) groups excluding carboxylic acids is 2. The number of nitrogens with zero attached hydrogens (tertiary/aromatic N) is 3. The second kappa shape index (κ2) is 7.64. The molecule has 0 aromatic carbocycles. The molecular weight excluding hydrogens is 304 g/mol. The molecule has 1 unspecified atom stereocenters. The fraction of sp³-hybridized carbons (Fsp3) is 0.611. The van der Waals surface area contributed by atoms with Crippen LogP contribution < -0.4 is 10.2 Å². The van der Waals surface area contributed by atoms with Crippen LogP contribution in [0.15, 0.2) is 24.4 Å². The third kappa shape index (κ3) is 3.86. The van der Waals surface area contributed by atoms with Gasteiger partial charge < -0.3 is 15.1 Å². The molecule has 1 N–H and O–H groups in total. The first-order valence-electron chi connectivity index (χ1n) is 8.87. The standard InChI is InChI=1S/C18H26N4O2/c1-14(23)20-17(15-6-2-3-7-15)18(24)22-12-10-21(11-13-22)16-8-4-5-9-19-16/h4-5,8-9,15,17H,2-3,6-7,10-13H2,1H3,(H,20,23). The van der Waals surface area contributed by atoms with Crippen LogP contribution in [0.5, 0.6) is 0 Å². The Morgan fingerprint density at radius 3 is 2.46 bits per heavy atom. The van der Waals surface area contributed by atoms with E-state index < -0.39 is 0 Å². The van der Waals surface area contributed by atoms with E-state index in [-0.39, 0.29) is 23.8 Å². The zero-order valence-corrected chi connectivity index (χ0v) is 14.3. The minimum atomic E-state index is -0.355.